The Morgan fingerprint density at radius 3 is 2.82 bits per heavy atom. The number of nitrogens with zero attached hydrogens (tertiary/aromatic N) is 2. The number of halogens is 1. The second-order valence-corrected chi connectivity index (χ2v) is 4.01. The topological polar surface area (TPSA) is 64.9 Å². The molecule has 3 rings (SSSR count). The molecule has 17 heavy (non-hydrogen) atoms. The Hall–Kier alpha value is -2.07. The van der Waals surface area contributed by atoms with Crippen molar-refractivity contribution < 1.29 is 4.42 Å². The lowest BCUT2D eigenvalue weighted by Crippen LogP contribution is -1.97. The van der Waals surface area contributed by atoms with Crippen LogP contribution < -0.4 is 5.73 Å². The van der Waals surface area contributed by atoms with Crippen LogP contribution in [-0.2, 0) is 0 Å². The number of nitrogens with two attached hydrogens (primary N) is 1. The summed E-state index contributed by atoms with van der Waals surface area (Å²) in [6.45, 7) is 0. The van der Waals surface area contributed by atoms with Crippen LogP contribution in [0.4, 0.5) is 5.95 Å². The number of hydrogen-bond acceptors (Lipinski definition) is 4. The van der Waals surface area contributed by atoms with Crippen molar-refractivity contribution in [1.29, 1.82) is 0 Å². The lowest BCUT2D eigenvalue weighted by atomic mass is 10.1. The van der Waals surface area contributed by atoms with Gasteiger partial charge in [-0.15, -0.1) is 0 Å². The molecule has 0 amide bonds. The highest BCUT2D eigenvalue weighted by atomic mass is 35.5. The second-order valence-electron chi connectivity index (χ2n) is 3.57. The number of aromatic nitrogens is 2. The van der Waals surface area contributed by atoms with Crippen LogP contribution >= 0.6 is 11.6 Å². The zero-order valence-corrected chi connectivity index (χ0v) is 9.48. The third-order valence-electron chi connectivity index (χ3n) is 2.43. The molecule has 0 bridgehead atoms. The predicted octanol–water partition coefficient (Wildman–Crippen LogP) is 3.13. The van der Waals surface area contributed by atoms with Crippen LogP contribution in [0.1, 0.15) is 0 Å². The monoisotopic (exact) mass is 245 g/mol. The Morgan fingerprint density at radius 1 is 1.18 bits per heavy atom. The van der Waals surface area contributed by atoms with E-state index in [1.165, 1.54) is 0 Å². The van der Waals surface area contributed by atoms with Gasteiger partial charge in [-0.1, -0.05) is 11.6 Å². The minimum atomic E-state index is 0.200. The van der Waals surface area contributed by atoms with Gasteiger partial charge in [-0.05, 0) is 30.3 Å². The number of anilines is 1. The number of nitrogen functional groups attached to an aromatic ring is 1. The number of fused-ring (bicyclic) bond motifs is 1. The molecule has 2 heterocycles. The SMILES string of the molecule is Nc1nc(-c2ccco2)c2ccc(Cl)cc2n1. The van der Waals surface area contributed by atoms with E-state index in [1.54, 1.807) is 24.5 Å². The van der Waals surface area contributed by atoms with Gasteiger partial charge < -0.3 is 10.2 Å². The summed E-state index contributed by atoms with van der Waals surface area (Å²) >= 11 is 5.92. The van der Waals surface area contributed by atoms with Gasteiger partial charge in [0.1, 0.15) is 5.69 Å². The highest BCUT2D eigenvalue weighted by molar-refractivity contribution is 6.31. The largest absolute Gasteiger partial charge is 0.463 e. The quantitative estimate of drug-likeness (QED) is 0.715. The van der Waals surface area contributed by atoms with E-state index in [0.717, 1.165) is 5.39 Å². The summed E-state index contributed by atoms with van der Waals surface area (Å²) in [5.74, 6) is 0.859. The van der Waals surface area contributed by atoms with Crippen LogP contribution in [0.15, 0.2) is 41.0 Å². The smallest absolute Gasteiger partial charge is 0.221 e. The molecule has 0 saturated heterocycles. The lowest BCUT2D eigenvalue weighted by molar-refractivity contribution is 0.581. The molecule has 0 fully saturated rings. The minimum Gasteiger partial charge on any atom is -0.463 e. The summed E-state index contributed by atoms with van der Waals surface area (Å²) in [5, 5.41) is 1.47. The molecule has 0 aliphatic rings. The fourth-order valence-electron chi connectivity index (χ4n) is 1.72. The summed E-state index contributed by atoms with van der Waals surface area (Å²) in [7, 11) is 0. The maximum absolute atomic E-state index is 5.92. The third kappa shape index (κ3) is 1.72. The highest BCUT2D eigenvalue weighted by Crippen LogP contribution is 2.28. The zero-order chi connectivity index (χ0) is 11.8. The molecule has 1 aromatic carbocycles. The second kappa shape index (κ2) is 3.75. The summed E-state index contributed by atoms with van der Waals surface area (Å²) in [5.41, 5.74) is 7.05. The van der Waals surface area contributed by atoms with Crippen molar-refractivity contribution in [2.45, 2.75) is 0 Å². The molecule has 2 N–H and O–H groups in total. The van der Waals surface area contributed by atoms with Gasteiger partial charge in [0.15, 0.2) is 5.76 Å². The van der Waals surface area contributed by atoms with Crippen molar-refractivity contribution in [1.82, 2.24) is 9.97 Å². The number of furan rings is 1. The van der Waals surface area contributed by atoms with E-state index in [1.807, 2.05) is 12.1 Å². The first-order chi connectivity index (χ1) is 8.24. The van der Waals surface area contributed by atoms with E-state index in [4.69, 9.17) is 21.8 Å². The zero-order valence-electron chi connectivity index (χ0n) is 8.72. The normalized spacial score (nSPS) is 10.9. The average molecular weight is 246 g/mol. The Bertz CT molecular complexity index is 674. The molecule has 84 valence electrons. The fourth-order valence-corrected chi connectivity index (χ4v) is 1.89. The van der Waals surface area contributed by atoms with Crippen LogP contribution in [0.2, 0.25) is 5.02 Å². The summed E-state index contributed by atoms with van der Waals surface area (Å²) in [4.78, 5) is 8.35. The Labute approximate surface area is 102 Å². The van der Waals surface area contributed by atoms with Crippen molar-refractivity contribution in [3.63, 3.8) is 0 Å². The maximum atomic E-state index is 5.92. The van der Waals surface area contributed by atoms with Gasteiger partial charge in [-0.2, -0.15) is 0 Å². The molecule has 0 radical (unpaired) electrons. The first-order valence-corrected chi connectivity index (χ1v) is 5.38. The van der Waals surface area contributed by atoms with Gasteiger partial charge in [-0.3, -0.25) is 0 Å². The molecule has 3 aromatic rings. The van der Waals surface area contributed by atoms with E-state index in [2.05, 4.69) is 9.97 Å². The molecule has 2 aromatic heterocycles. The van der Waals surface area contributed by atoms with Gasteiger partial charge in [0, 0.05) is 10.4 Å². The van der Waals surface area contributed by atoms with Crippen molar-refractivity contribution >= 4 is 28.5 Å². The number of hydrogen-bond donors (Lipinski definition) is 1. The first kappa shape index (κ1) is 10.1. The molecular weight excluding hydrogens is 238 g/mol. The highest BCUT2D eigenvalue weighted by Gasteiger charge is 2.10. The molecule has 0 aliphatic heterocycles. The Balaban J connectivity index is 2.38. The minimum absolute atomic E-state index is 0.200. The van der Waals surface area contributed by atoms with Crippen LogP contribution in [0, 0.1) is 0 Å². The van der Waals surface area contributed by atoms with E-state index in [0.29, 0.717) is 22.0 Å². The standard InChI is InChI=1S/C12H8ClN3O/c13-7-3-4-8-9(6-7)15-12(14)16-11(8)10-2-1-5-17-10/h1-6H,(H2,14,15,16). The Kier molecular flexibility index (Phi) is 2.23. The molecule has 0 spiro atoms. The molecule has 5 heteroatoms. The molecule has 0 atom stereocenters. The van der Waals surface area contributed by atoms with Crippen molar-refractivity contribution in [3.05, 3.63) is 41.6 Å². The average Bonchev–Trinajstić information content (AvgIpc) is 2.80. The predicted molar refractivity (Wildman–Crippen MR) is 66.7 cm³/mol. The van der Waals surface area contributed by atoms with Gasteiger partial charge in [0.25, 0.3) is 0 Å². The van der Waals surface area contributed by atoms with Gasteiger partial charge in [0.05, 0.1) is 11.8 Å². The molecule has 0 saturated carbocycles. The van der Waals surface area contributed by atoms with Crippen molar-refractivity contribution in [3.8, 4) is 11.5 Å². The third-order valence-corrected chi connectivity index (χ3v) is 2.67. The number of benzene rings is 1. The van der Waals surface area contributed by atoms with Crippen molar-refractivity contribution in [2.24, 2.45) is 0 Å². The van der Waals surface area contributed by atoms with Crippen molar-refractivity contribution in [2.75, 3.05) is 5.73 Å². The van der Waals surface area contributed by atoms with Gasteiger partial charge in [0.2, 0.25) is 5.95 Å². The van der Waals surface area contributed by atoms with Gasteiger partial charge in [-0.25, -0.2) is 9.97 Å². The molecule has 0 unspecified atom stereocenters. The van der Waals surface area contributed by atoms with E-state index in [9.17, 15) is 0 Å². The molecule has 4 nitrogen and oxygen atoms in total. The summed E-state index contributed by atoms with van der Waals surface area (Å²) in [6, 6.07) is 9.03. The molecular formula is C12H8ClN3O. The fraction of sp³-hybridized carbons (Fsp3) is 0. The summed E-state index contributed by atoms with van der Waals surface area (Å²) in [6.07, 6.45) is 1.59. The lowest BCUT2D eigenvalue weighted by Gasteiger charge is -2.04. The van der Waals surface area contributed by atoms with Crippen LogP contribution in [0.5, 0.6) is 0 Å². The number of rotatable bonds is 1. The van der Waals surface area contributed by atoms with E-state index in [-0.39, 0.29) is 5.95 Å². The Morgan fingerprint density at radius 2 is 2.06 bits per heavy atom. The van der Waals surface area contributed by atoms with Crippen LogP contribution in [0.3, 0.4) is 0 Å². The van der Waals surface area contributed by atoms with Crippen LogP contribution in [-0.4, -0.2) is 9.97 Å². The first-order valence-electron chi connectivity index (χ1n) is 5.01. The van der Waals surface area contributed by atoms with Gasteiger partial charge >= 0.3 is 0 Å². The van der Waals surface area contributed by atoms with E-state index < -0.39 is 0 Å². The maximum Gasteiger partial charge on any atom is 0.221 e. The van der Waals surface area contributed by atoms with Crippen LogP contribution in [0.25, 0.3) is 22.4 Å². The van der Waals surface area contributed by atoms with E-state index >= 15 is 0 Å². The summed E-state index contributed by atoms with van der Waals surface area (Å²) < 4.78 is 5.33. The molecule has 0 aliphatic carbocycles.